The number of rotatable bonds is 8. The second kappa shape index (κ2) is 10.1. The fourth-order valence-corrected chi connectivity index (χ4v) is 2.66. The maximum absolute atomic E-state index is 11.1. The van der Waals surface area contributed by atoms with E-state index in [1.807, 2.05) is 36.4 Å². The van der Waals surface area contributed by atoms with Crippen LogP contribution in [0.25, 0.3) is 6.08 Å². The molecule has 0 aliphatic carbocycles. The van der Waals surface area contributed by atoms with Gasteiger partial charge in [-0.2, -0.15) is 0 Å². The van der Waals surface area contributed by atoms with Crippen molar-refractivity contribution in [3.8, 4) is 0 Å². The van der Waals surface area contributed by atoms with Crippen LogP contribution in [0.4, 0.5) is 0 Å². The van der Waals surface area contributed by atoms with Crippen LogP contribution in [-0.2, 0) is 16.0 Å². The quantitative estimate of drug-likeness (QED) is 0.546. The summed E-state index contributed by atoms with van der Waals surface area (Å²) in [6, 6.07) is 15.4. The van der Waals surface area contributed by atoms with Gasteiger partial charge in [0.1, 0.15) is 0 Å². The highest BCUT2D eigenvalue weighted by molar-refractivity contribution is 6.30. The normalized spacial score (nSPS) is 13.5. The Morgan fingerprint density at radius 2 is 1.85 bits per heavy atom. The molecule has 2 rings (SSSR count). The van der Waals surface area contributed by atoms with Crippen LogP contribution >= 0.6 is 11.6 Å². The Bertz CT molecular complexity index is 726. The van der Waals surface area contributed by atoms with Crippen molar-refractivity contribution in [2.75, 3.05) is 13.7 Å². The lowest BCUT2D eigenvalue weighted by molar-refractivity contribution is -0.134. The van der Waals surface area contributed by atoms with Gasteiger partial charge in [0, 0.05) is 23.7 Å². The number of benzene rings is 2. The second-order valence-electron chi connectivity index (χ2n) is 6.18. The van der Waals surface area contributed by atoms with E-state index in [1.165, 1.54) is 18.7 Å². The first-order valence-electron chi connectivity index (χ1n) is 8.50. The van der Waals surface area contributed by atoms with Crippen molar-refractivity contribution in [3.05, 3.63) is 76.3 Å². The van der Waals surface area contributed by atoms with E-state index in [-0.39, 0.29) is 12.0 Å². The second-order valence-corrected chi connectivity index (χ2v) is 6.62. The molecule has 0 amide bonds. The van der Waals surface area contributed by atoms with Crippen LogP contribution in [0.5, 0.6) is 0 Å². The largest absolute Gasteiger partial charge is 0.466 e. The summed E-state index contributed by atoms with van der Waals surface area (Å²) < 4.78 is 4.57. The number of ether oxygens (including phenoxy) is 1. The molecular formula is C21H24ClNO3. The molecule has 0 aromatic heterocycles. The zero-order valence-corrected chi connectivity index (χ0v) is 15.7. The standard InChI is InChI=1S/C21H24ClNO3/c1-15(23-14-20(24)18-8-10-19(22)11-9-18)13-17-5-3-16(4-6-17)7-12-21(25)26-2/h3-12,15,20,23-24H,13-14H2,1-2H3. The Kier molecular flexibility index (Phi) is 7.85. The number of esters is 1. The molecule has 4 nitrogen and oxygen atoms in total. The average Bonchev–Trinajstić information content (AvgIpc) is 2.65. The maximum atomic E-state index is 11.1. The molecule has 0 saturated heterocycles. The lowest BCUT2D eigenvalue weighted by Crippen LogP contribution is -2.32. The van der Waals surface area contributed by atoms with E-state index in [4.69, 9.17) is 11.6 Å². The third-order valence-corrected chi connectivity index (χ3v) is 4.30. The van der Waals surface area contributed by atoms with Crippen molar-refractivity contribution in [2.24, 2.45) is 0 Å². The Morgan fingerprint density at radius 1 is 1.19 bits per heavy atom. The Balaban J connectivity index is 1.81. The van der Waals surface area contributed by atoms with Crippen LogP contribution < -0.4 is 5.32 Å². The van der Waals surface area contributed by atoms with Crippen LogP contribution in [0.2, 0.25) is 5.02 Å². The number of halogens is 1. The van der Waals surface area contributed by atoms with Crippen molar-refractivity contribution < 1.29 is 14.6 Å². The summed E-state index contributed by atoms with van der Waals surface area (Å²) in [5, 5.41) is 14.2. The molecule has 0 spiro atoms. The molecule has 2 atom stereocenters. The van der Waals surface area contributed by atoms with Crippen molar-refractivity contribution in [1.29, 1.82) is 0 Å². The van der Waals surface area contributed by atoms with Crippen molar-refractivity contribution in [2.45, 2.75) is 25.5 Å². The number of hydrogen-bond donors (Lipinski definition) is 2. The molecule has 2 aromatic carbocycles. The van der Waals surface area contributed by atoms with Gasteiger partial charge in [0.15, 0.2) is 0 Å². The topological polar surface area (TPSA) is 58.6 Å². The fourth-order valence-electron chi connectivity index (χ4n) is 2.54. The molecule has 2 N–H and O–H groups in total. The summed E-state index contributed by atoms with van der Waals surface area (Å²) in [6.07, 6.45) is 3.39. The van der Waals surface area contributed by atoms with Gasteiger partial charge in [0.25, 0.3) is 0 Å². The predicted molar refractivity (Wildman–Crippen MR) is 105 cm³/mol. The molecule has 2 aromatic rings. The number of carbonyl (C=O) groups is 1. The fraction of sp³-hybridized carbons (Fsp3) is 0.286. The van der Waals surface area contributed by atoms with Crippen LogP contribution in [0.15, 0.2) is 54.6 Å². The minimum Gasteiger partial charge on any atom is -0.466 e. The van der Waals surface area contributed by atoms with Crippen molar-refractivity contribution in [1.82, 2.24) is 5.32 Å². The average molecular weight is 374 g/mol. The lowest BCUT2D eigenvalue weighted by Gasteiger charge is -2.17. The van der Waals surface area contributed by atoms with Gasteiger partial charge >= 0.3 is 5.97 Å². The molecule has 0 aliphatic heterocycles. The van der Waals surface area contributed by atoms with Crippen LogP contribution in [0.3, 0.4) is 0 Å². The third kappa shape index (κ3) is 6.64. The van der Waals surface area contributed by atoms with Gasteiger partial charge in [-0.15, -0.1) is 0 Å². The molecule has 2 unspecified atom stereocenters. The molecular weight excluding hydrogens is 350 g/mol. The number of nitrogens with one attached hydrogen (secondary N) is 1. The van der Waals surface area contributed by atoms with E-state index in [9.17, 15) is 9.90 Å². The van der Waals surface area contributed by atoms with E-state index in [1.54, 1.807) is 18.2 Å². The van der Waals surface area contributed by atoms with Gasteiger partial charge in [-0.1, -0.05) is 48.0 Å². The van der Waals surface area contributed by atoms with Gasteiger partial charge in [-0.25, -0.2) is 4.79 Å². The summed E-state index contributed by atoms with van der Waals surface area (Å²) in [5.74, 6) is -0.369. The van der Waals surface area contributed by atoms with Crippen LogP contribution in [0.1, 0.15) is 29.7 Å². The van der Waals surface area contributed by atoms with E-state index in [0.717, 1.165) is 17.5 Å². The summed E-state index contributed by atoms with van der Waals surface area (Å²) >= 11 is 5.86. The molecule has 0 saturated carbocycles. The van der Waals surface area contributed by atoms with Gasteiger partial charge < -0.3 is 15.2 Å². The minimum atomic E-state index is -0.569. The highest BCUT2D eigenvalue weighted by atomic mass is 35.5. The van der Waals surface area contributed by atoms with E-state index in [2.05, 4.69) is 17.0 Å². The Labute approximate surface area is 159 Å². The van der Waals surface area contributed by atoms with Gasteiger partial charge in [-0.3, -0.25) is 0 Å². The smallest absolute Gasteiger partial charge is 0.330 e. The van der Waals surface area contributed by atoms with Gasteiger partial charge in [0.2, 0.25) is 0 Å². The summed E-state index contributed by atoms with van der Waals surface area (Å²) in [6.45, 7) is 2.56. The summed E-state index contributed by atoms with van der Waals surface area (Å²) in [4.78, 5) is 11.1. The third-order valence-electron chi connectivity index (χ3n) is 4.05. The van der Waals surface area contributed by atoms with Crippen LogP contribution in [0, 0.1) is 0 Å². The molecule has 5 heteroatoms. The number of methoxy groups -OCH3 is 1. The highest BCUT2D eigenvalue weighted by Gasteiger charge is 2.10. The predicted octanol–water partition coefficient (Wildman–Crippen LogP) is 3.78. The highest BCUT2D eigenvalue weighted by Crippen LogP contribution is 2.16. The van der Waals surface area contributed by atoms with Gasteiger partial charge in [-0.05, 0) is 48.2 Å². The zero-order chi connectivity index (χ0) is 18.9. The number of aliphatic hydroxyl groups excluding tert-OH is 1. The molecule has 0 bridgehead atoms. The monoisotopic (exact) mass is 373 g/mol. The molecule has 0 radical (unpaired) electrons. The first-order chi connectivity index (χ1) is 12.5. The van der Waals surface area contributed by atoms with E-state index < -0.39 is 6.10 Å². The first-order valence-corrected chi connectivity index (χ1v) is 8.87. The number of carbonyl (C=O) groups excluding carboxylic acids is 1. The summed E-state index contributed by atoms with van der Waals surface area (Å²) in [5.41, 5.74) is 2.97. The van der Waals surface area contributed by atoms with Crippen LogP contribution in [-0.4, -0.2) is 30.8 Å². The molecule has 26 heavy (non-hydrogen) atoms. The SMILES string of the molecule is COC(=O)C=Cc1ccc(CC(C)NCC(O)c2ccc(Cl)cc2)cc1. The molecule has 0 aliphatic rings. The molecule has 0 heterocycles. The maximum Gasteiger partial charge on any atom is 0.330 e. The lowest BCUT2D eigenvalue weighted by atomic mass is 10.0. The minimum absolute atomic E-state index is 0.216. The van der Waals surface area contributed by atoms with E-state index >= 15 is 0 Å². The Hall–Kier alpha value is -2.14. The summed E-state index contributed by atoms with van der Waals surface area (Å²) in [7, 11) is 1.36. The van der Waals surface area contributed by atoms with Crippen molar-refractivity contribution >= 4 is 23.6 Å². The molecule has 138 valence electrons. The Morgan fingerprint density at radius 3 is 2.46 bits per heavy atom. The van der Waals surface area contributed by atoms with Crippen molar-refractivity contribution in [3.63, 3.8) is 0 Å². The van der Waals surface area contributed by atoms with Gasteiger partial charge in [0.05, 0.1) is 13.2 Å². The first kappa shape index (κ1) is 20.2. The molecule has 0 fully saturated rings. The van der Waals surface area contributed by atoms with E-state index in [0.29, 0.717) is 11.6 Å². The zero-order valence-electron chi connectivity index (χ0n) is 15.0. The number of aliphatic hydroxyl groups is 1. The number of hydrogen-bond acceptors (Lipinski definition) is 4.